The van der Waals surface area contributed by atoms with E-state index in [4.69, 9.17) is 5.73 Å². The molecule has 1 aliphatic heterocycles. The average Bonchev–Trinajstić information content (AvgIpc) is 3.04. The lowest BCUT2D eigenvalue weighted by molar-refractivity contribution is -0.119. The van der Waals surface area contributed by atoms with Crippen molar-refractivity contribution in [2.24, 2.45) is 10.8 Å². The Morgan fingerprint density at radius 3 is 2.60 bits per heavy atom. The highest BCUT2D eigenvalue weighted by atomic mass is 79.9. The fourth-order valence-corrected chi connectivity index (χ4v) is 3.20. The molecule has 0 saturated heterocycles. The number of nitrogens with one attached hydrogen (secondary N) is 1. The predicted octanol–water partition coefficient (Wildman–Crippen LogP) is 2.82. The summed E-state index contributed by atoms with van der Waals surface area (Å²) in [4.78, 5) is 24.3. The molecule has 0 radical (unpaired) electrons. The molecule has 128 valence electrons. The number of para-hydroxylation sites is 1. The first kappa shape index (κ1) is 17.2. The van der Waals surface area contributed by atoms with Crippen molar-refractivity contribution < 1.29 is 9.59 Å². The third-order valence-corrected chi connectivity index (χ3v) is 4.55. The van der Waals surface area contributed by atoms with E-state index in [0.29, 0.717) is 11.4 Å². The van der Waals surface area contributed by atoms with Crippen LogP contribution in [-0.2, 0) is 9.59 Å². The van der Waals surface area contributed by atoms with E-state index in [-0.39, 0.29) is 18.0 Å². The van der Waals surface area contributed by atoms with Crippen LogP contribution in [0.4, 0.5) is 11.4 Å². The van der Waals surface area contributed by atoms with Gasteiger partial charge >= 0.3 is 0 Å². The van der Waals surface area contributed by atoms with Gasteiger partial charge in [-0.25, -0.2) is 0 Å². The van der Waals surface area contributed by atoms with Crippen LogP contribution in [0.25, 0.3) is 0 Å². The summed E-state index contributed by atoms with van der Waals surface area (Å²) in [6.45, 7) is 1.96. The number of rotatable bonds is 4. The first-order valence-electron chi connectivity index (χ1n) is 7.74. The standard InChI is InChI=1S/C18H17BrN4O2/c1-11-7-8-14(13(19)9-11)21-18(25)15-10-16(17(20)24)23(22-15)12-5-3-2-4-6-12/h2-9,16H,10H2,1H3,(H2,20,24)(H,21,25). The number of benzene rings is 2. The second kappa shape index (κ2) is 7.06. The Morgan fingerprint density at radius 2 is 1.96 bits per heavy atom. The molecule has 2 amide bonds. The Morgan fingerprint density at radius 1 is 1.24 bits per heavy atom. The van der Waals surface area contributed by atoms with Crippen LogP contribution < -0.4 is 16.1 Å². The summed E-state index contributed by atoms with van der Waals surface area (Å²) in [5.41, 5.74) is 8.19. The molecule has 2 aromatic rings. The monoisotopic (exact) mass is 400 g/mol. The summed E-state index contributed by atoms with van der Waals surface area (Å²) in [6, 6.07) is 14.1. The summed E-state index contributed by atoms with van der Waals surface area (Å²) in [5.74, 6) is -0.874. The zero-order valence-electron chi connectivity index (χ0n) is 13.6. The van der Waals surface area contributed by atoms with Gasteiger partial charge in [0.2, 0.25) is 5.91 Å². The van der Waals surface area contributed by atoms with Crippen molar-refractivity contribution in [3.63, 3.8) is 0 Å². The van der Waals surface area contributed by atoms with Crippen molar-refractivity contribution in [2.45, 2.75) is 19.4 Å². The second-order valence-electron chi connectivity index (χ2n) is 5.79. The van der Waals surface area contributed by atoms with E-state index in [1.807, 2.05) is 55.5 Å². The Labute approximate surface area is 153 Å². The number of carbonyl (C=O) groups excluding carboxylic acids is 2. The molecule has 0 fully saturated rings. The van der Waals surface area contributed by atoms with Gasteiger partial charge < -0.3 is 11.1 Å². The summed E-state index contributed by atoms with van der Waals surface area (Å²) in [7, 11) is 0. The number of amides is 2. The number of carbonyl (C=O) groups is 2. The first-order chi connectivity index (χ1) is 12.0. The Bertz CT molecular complexity index is 851. The van der Waals surface area contributed by atoms with Crippen molar-refractivity contribution >= 4 is 44.8 Å². The SMILES string of the molecule is Cc1ccc(NC(=O)C2=NN(c3ccccc3)C(C(N)=O)C2)c(Br)c1. The molecular weight excluding hydrogens is 384 g/mol. The fraction of sp³-hybridized carbons (Fsp3) is 0.167. The molecule has 25 heavy (non-hydrogen) atoms. The van der Waals surface area contributed by atoms with Crippen LogP contribution >= 0.6 is 15.9 Å². The van der Waals surface area contributed by atoms with Gasteiger partial charge in [-0.3, -0.25) is 14.6 Å². The normalized spacial score (nSPS) is 16.5. The number of primary amides is 1. The highest BCUT2D eigenvalue weighted by Gasteiger charge is 2.35. The molecule has 0 bridgehead atoms. The van der Waals surface area contributed by atoms with Gasteiger partial charge in [-0.1, -0.05) is 24.3 Å². The van der Waals surface area contributed by atoms with Crippen LogP contribution in [0, 0.1) is 6.92 Å². The largest absolute Gasteiger partial charge is 0.368 e. The van der Waals surface area contributed by atoms with Gasteiger partial charge in [0.15, 0.2) is 0 Å². The molecule has 0 saturated carbocycles. The maximum absolute atomic E-state index is 12.6. The molecule has 2 aromatic carbocycles. The molecule has 1 heterocycles. The number of aryl methyl sites for hydroxylation is 1. The van der Waals surface area contributed by atoms with Crippen molar-refractivity contribution in [1.29, 1.82) is 0 Å². The molecule has 0 spiro atoms. The highest BCUT2D eigenvalue weighted by Crippen LogP contribution is 2.26. The summed E-state index contributed by atoms with van der Waals surface area (Å²) >= 11 is 3.43. The van der Waals surface area contributed by atoms with Crippen LogP contribution in [-0.4, -0.2) is 23.6 Å². The molecule has 3 rings (SSSR count). The number of halogens is 1. The molecule has 1 unspecified atom stereocenters. The quantitative estimate of drug-likeness (QED) is 0.826. The number of nitrogens with two attached hydrogens (primary N) is 1. The minimum Gasteiger partial charge on any atom is -0.368 e. The summed E-state index contributed by atoms with van der Waals surface area (Å²) in [5, 5.41) is 8.64. The minimum absolute atomic E-state index is 0.166. The number of hydrazone groups is 1. The van der Waals surface area contributed by atoms with Crippen LogP contribution in [0.1, 0.15) is 12.0 Å². The van der Waals surface area contributed by atoms with Gasteiger partial charge in [0.1, 0.15) is 11.8 Å². The lowest BCUT2D eigenvalue weighted by Gasteiger charge is -2.20. The summed E-state index contributed by atoms with van der Waals surface area (Å²) in [6.07, 6.45) is 0.166. The molecule has 0 aromatic heterocycles. The van der Waals surface area contributed by atoms with E-state index in [2.05, 4.69) is 26.3 Å². The van der Waals surface area contributed by atoms with E-state index in [1.54, 1.807) is 0 Å². The fourth-order valence-electron chi connectivity index (χ4n) is 2.60. The zero-order chi connectivity index (χ0) is 18.0. The minimum atomic E-state index is -0.676. The van der Waals surface area contributed by atoms with Crippen LogP contribution in [0.2, 0.25) is 0 Å². The summed E-state index contributed by atoms with van der Waals surface area (Å²) < 4.78 is 0.783. The lowest BCUT2D eigenvalue weighted by Crippen LogP contribution is -2.39. The van der Waals surface area contributed by atoms with Gasteiger partial charge in [0.05, 0.1) is 11.4 Å². The number of hydrogen-bond donors (Lipinski definition) is 2. The van der Waals surface area contributed by atoms with E-state index < -0.39 is 11.9 Å². The molecule has 1 aliphatic rings. The Hall–Kier alpha value is -2.67. The van der Waals surface area contributed by atoms with Gasteiger partial charge in [0.25, 0.3) is 5.91 Å². The highest BCUT2D eigenvalue weighted by molar-refractivity contribution is 9.10. The molecule has 7 heteroatoms. The molecule has 1 atom stereocenters. The third kappa shape index (κ3) is 3.71. The smallest absolute Gasteiger partial charge is 0.271 e. The third-order valence-electron chi connectivity index (χ3n) is 3.89. The van der Waals surface area contributed by atoms with Crippen LogP contribution in [0.3, 0.4) is 0 Å². The van der Waals surface area contributed by atoms with Crippen molar-refractivity contribution in [1.82, 2.24) is 0 Å². The Kier molecular flexibility index (Phi) is 4.85. The van der Waals surface area contributed by atoms with Gasteiger partial charge in [0, 0.05) is 10.9 Å². The van der Waals surface area contributed by atoms with Crippen molar-refractivity contribution in [3.8, 4) is 0 Å². The topological polar surface area (TPSA) is 87.8 Å². The molecular formula is C18H17BrN4O2. The van der Waals surface area contributed by atoms with Crippen LogP contribution in [0.15, 0.2) is 58.1 Å². The number of anilines is 2. The Balaban J connectivity index is 1.84. The average molecular weight is 401 g/mol. The zero-order valence-corrected chi connectivity index (χ0v) is 15.2. The number of hydrogen-bond acceptors (Lipinski definition) is 4. The van der Waals surface area contributed by atoms with E-state index in [9.17, 15) is 9.59 Å². The van der Waals surface area contributed by atoms with E-state index in [1.165, 1.54) is 5.01 Å². The lowest BCUT2D eigenvalue weighted by atomic mass is 10.1. The van der Waals surface area contributed by atoms with Gasteiger partial charge in [-0.15, -0.1) is 0 Å². The van der Waals surface area contributed by atoms with Crippen molar-refractivity contribution in [3.05, 3.63) is 58.6 Å². The van der Waals surface area contributed by atoms with Crippen molar-refractivity contribution in [2.75, 3.05) is 10.3 Å². The van der Waals surface area contributed by atoms with E-state index in [0.717, 1.165) is 10.0 Å². The number of nitrogens with zero attached hydrogens (tertiary/aromatic N) is 2. The predicted molar refractivity (Wildman–Crippen MR) is 101 cm³/mol. The van der Waals surface area contributed by atoms with Crippen LogP contribution in [0.5, 0.6) is 0 Å². The van der Waals surface area contributed by atoms with E-state index >= 15 is 0 Å². The maximum atomic E-state index is 12.6. The van der Waals surface area contributed by atoms with Gasteiger partial charge in [-0.2, -0.15) is 5.10 Å². The second-order valence-corrected chi connectivity index (χ2v) is 6.64. The molecule has 6 nitrogen and oxygen atoms in total. The molecule has 0 aliphatic carbocycles. The first-order valence-corrected chi connectivity index (χ1v) is 8.53. The van der Waals surface area contributed by atoms with Gasteiger partial charge in [-0.05, 0) is 52.7 Å². The molecule has 3 N–H and O–H groups in total. The maximum Gasteiger partial charge on any atom is 0.271 e.